The molecule has 0 bridgehead atoms. The van der Waals surface area contributed by atoms with E-state index in [1.165, 1.54) is 0 Å². The number of hydrogen-bond acceptors (Lipinski definition) is 4. The molecule has 110 valence electrons. The maximum absolute atomic E-state index is 12.6. The molecule has 1 aromatic rings. The molecule has 2 N–H and O–H groups in total. The van der Waals surface area contributed by atoms with Crippen molar-refractivity contribution in [1.82, 2.24) is 4.90 Å². The Morgan fingerprint density at radius 3 is 2.70 bits per heavy atom. The van der Waals surface area contributed by atoms with Gasteiger partial charge in [0.25, 0.3) is 5.91 Å². The first-order valence-electron chi connectivity index (χ1n) is 6.83. The van der Waals surface area contributed by atoms with Crippen LogP contribution in [-0.4, -0.2) is 44.2 Å². The zero-order valence-corrected chi connectivity index (χ0v) is 12.3. The molecule has 1 aromatic carbocycles. The molecule has 1 fully saturated rings. The second kappa shape index (κ2) is 6.13. The lowest BCUT2D eigenvalue weighted by Crippen LogP contribution is -2.33. The van der Waals surface area contributed by atoms with Gasteiger partial charge in [0.2, 0.25) is 0 Å². The van der Waals surface area contributed by atoms with Crippen molar-refractivity contribution < 1.29 is 14.3 Å². The standard InChI is InChI=1S/C15H22N2O3/c1-10(16)11-6-7-17(9-11)15(18)13-8-12(19-2)4-5-14(13)20-3/h4-5,8,10-11H,6-7,9,16H2,1-3H3. The van der Waals surface area contributed by atoms with Crippen LogP contribution in [0.2, 0.25) is 0 Å². The number of amides is 1. The summed E-state index contributed by atoms with van der Waals surface area (Å²) >= 11 is 0. The molecular formula is C15H22N2O3. The zero-order chi connectivity index (χ0) is 14.7. The Hall–Kier alpha value is -1.75. The van der Waals surface area contributed by atoms with Gasteiger partial charge in [-0.1, -0.05) is 0 Å². The van der Waals surface area contributed by atoms with Gasteiger partial charge in [-0.25, -0.2) is 0 Å². The Balaban J connectivity index is 2.20. The molecule has 2 atom stereocenters. The molecule has 5 heteroatoms. The summed E-state index contributed by atoms with van der Waals surface area (Å²) in [7, 11) is 3.14. The summed E-state index contributed by atoms with van der Waals surface area (Å²) in [5, 5.41) is 0. The molecule has 1 amide bonds. The number of hydrogen-bond donors (Lipinski definition) is 1. The Bertz CT molecular complexity index is 488. The van der Waals surface area contributed by atoms with E-state index in [2.05, 4.69) is 0 Å². The number of nitrogens with zero attached hydrogens (tertiary/aromatic N) is 1. The molecule has 0 aliphatic carbocycles. The van der Waals surface area contributed by atoms with E-state index in [9.17, 15) is 4.79 Å². The number of nitrogens with two attached hydrogens (primary N) is 1. The smallest absolute Gasteiger partial charge is 0.257 e. The fourth-order valence-electron chi connectivity index (χ4n) is 2.55. The summed E-state index contributed by atoms with van der Waals surface area (Å²) in [5.74, 6) is 1.57. The van der Waals surface area contributed by atoms with Crippen molar-refractivity contribution in [2.45, 2.75) is 19.4 Å². The molecule has 2 unspecified atom stereocenters. The number of benzene rings is 1. The quantitative estimate of drug-likeness (QED) is 0.906. The van der Waals surface area contributed by atoms with Crippen LogP contribution in [0.5, 0.6) is 11.5 Å². The highest BCUT2D eigenvalue weighted by atomic mass is 16.5. The molecule has 1 heterocycles. The van der Waals surface area contributed by atoms with Gasteiger partial charge in [0, 0.05) is 19.1 Å². The molecular weight excluding hydrogens is 256 g/mol. The number of likely N-dealkylation sites (tertiary alicyclic amines) is 1. The van der Waals surface area contributed by atoms with Crippen LogP contribution >= 0.6 is 0 Å². The summed E-state index contributed by atoms with van der Waals surface area (Å²) in [6.07, 6.45) is 0.954. The second-order valence-corrected chi connectivity index (χ2v) is 5.23. The van der Waals surface area contributed by atoms with E-state index >= 15 is 0 Å². The Morgan fingerprint density at radius 2 is 2.15 bits per heavy atom. The van der Waals surface area contributed by atoms with Crippen LogP contribution in [0.3, 0.4) is 0 Å². The van der Waals surface area contributed by atoms with Gasteiger partial charge in [0.05, 0.1) is 19.8 Å². The fraction of sp³-hybridized carbons (Fsp3) is 0.533. The Labute approximate surface area is 119 Å². The van der Waals surface area contributed by atoms with Crippen LogP contribution in [0, 0.1) is 5.92 Å². The van der Waals surface area contributed by atoms with Crippen LogP contribution in [0.4, 0.5) is 0 Å². The highest BCUT2D eigenvalue weighted by Crippen LogP contribution is 2.28. The van der Waals surface area contributed by atoms with Gasteiger partial charge in [0.15, 0.2) is 0 Å². The molecule has 2 rings (SSSR count). The van der Waals surface area contributed by atoms with Crippen molar-refractivity contribution in [2.24, 2.45) is 11.7 Å². The topological polar surface area (TPSA) is 64.8 Å². The highest BCUT2D eigenvalue weighted by molar-refractivity contribution is 5.97. The molecule has 1 aliphatic heterocycles. The van der Waals surface area contributed by atoms with Gasteiger partial charge in [-0.15, -0.1) is 0 Å². The summed E-state index contributed by atoms with van der Waals surface area (Å²) < 4.78 is 10.5. The number of carbonyl (C=O) groups is 1. The number of carbonyl (C=O) groups excluding carboxylic acids is 1. The first kappa shape index (κ1) is 14.7. The van der Waals surface area contributed by atoms with Crippen LogP contribution < -0.4 is 15.2 Å². The molecule has 0 spiro atoms. The summed E-state index contributed by atoms with van der Waals surface area (Å²) in [4.78, 5) is 14.5. The first-order chi connectivity index (χ1) is 9.56. The van der Waals surface area contributed by atoms with Gasteiger partial charge < -0.3 is 20.1 Å². The molecule has 1 aliphatic rings. The van der Waals surface area contributed by atoms with Crippen LogP contribution in [-0.2, 0) is 0 Å². The van der Waals surface area contributed by atoms with Gasteiger partial charge in [0.1, 0.15) is 11.5 Å². The average Bonchev–Trinajstić information content (AvgIpc) is 2.95. The molecule has 1 saturated heterocycles. The minimum atomic E-state index is -0.0242. The zero-order valence-electron chi connectivity index (χ0n) is 12.3. The van der Waals surface area contributed by atoms with Crippen LogP contribution in [0.1, 0.15) is 23.7 Å². The lowest BCUT2D eigenvalue weighted by atomic mass is 10.0. The predicted molar refractivity (Wildman–Crippen MR) is 77.2 cm³/mol. The van der Waals surface area contributed by atoms with Crippen molar-refractivity contribution in [3.05, 3.63) is 23.8 Å². The lowest BCUT2D eigenvalue weighted by molar-refractivity contribution is 0.0782. The molecule has 0 aromatic heterocycles. The summed E-state index contributed by atoms with van der Waals surface area (Å²) in [6.45, 7) is 3.44. The number of methoxy groups -OCH3 is 2. The normalized spacial score (nSPS) is 19.8. The summed E-state index contributed by atoms with van der Waals surface area (Å²) in [5.41, 5.74) is 6.46. The van der Waals surface area contributed by atoms with Crippen molar-refractivity contribution in [1.29, 1.82) is 0 Å². The third kappa shape index (κ3) is 2.88. The Morgan fingerprint density at radius 1 is 1.40 bits per heavy atom. The minimum absolute atomic E-state index is 0.0242. The second-order valence-electron chi connectivity index (χ2n) is 5.23. The highest BCUT2D eigenvalue weighted by Gasteiger charge is 2.30. The molecule has 20 heavy (non-hydrogen) atoms. The lowest BCUT2D eigenvalue weighted by Gasteiger charge is -2.19. The first-order valence-corrected chi connectivity index (χ1v) is 6.83. The van der Waals surface area contributed by atoms with E-state index in [1.54, 1.807) is 32.4 Å². The van der Waals surface area contributed by atoms with Gasteiger partial charge >= 0.3 is 0 Å². The van der Waals surface area contributed by atoms with Crippen LogP contribution in [0.25, 0.3) is 0 Å². The van der Waals surface area contributed by atoms with E-state index in [1.807, 2.05) is 11.8 Å². The van der Waals surface area contributed by atoms with E-state index in [0.29, 0.717) is 29.5 Å². The largest absolute Gasteiger partial charge is 0.497 e. The maximum Gasteiger partial charge on any atom is 0.257 e. The van der Waals surface area contributed by atoms with Crippen molar-refractivity contribution in [3.8, 4) is 11.5 Å². The van der Waals surface area contributed by atoms with E-state index in [4.69, 9.17) is 15.2 Å². The summed E-state index contributed by atoms with van der Waals surface area (Å²) in [6, 6.07) is 5.37. The predicted octanol–water partition coefficient (Wildman–Crippen LogP) is 1.51. The third-order valence-corrected chi connectivity index (χ3v) is 3.89. The molecule has 5 nitrogen and oxygen atoms in total. The van der Waals surface area contributed by atoms with Crippen molar-refractivity contribution in [2.75, 3.05) is 27.3 Å². The van der Waals surface area contributed by atoms with E-state index < -0.39 is 0 Å². The van der Waals surface area contributed by atoms with Crippen LogP contribution in [0.15, 0.2) is 18.2 Å². The monoisotopic (exact) mass is 278 g/mol. The SMILES string of the molecule is COc1ccc(OC)c(C(=O)N2CCC(C(C)N)C2)c1. The van der Waals surface area contributed by atoms with Gasteiger partial charge in [-0.05, 0) is 37.5 Å². The maximum atomic E-state index is 12.6. The van der Waals surface area contributed by atoms with Gasteiger partial charge in [-0.3, -0.25) is 4.79 Å². The fourth-order valence-corrected chi connectivity index (χ4v) is 2.55. The average molecular weight is 278 g/mol. The van der Waals surface area contributed by atoms with Gasteiger partial charge in [-0.2, -0.15) is 0 Å². The molecule has 0 saturated carbocycles. The number of rotatable bonds is 4. The Kier molecular flexibility index (Phi) is 4.49. The molecule has 0 radical (unpaired) electrons. The third-order valence-electron chi connectivity index (χ3n) is 3.89. The van der Waals surface area contributed by atoms with E-state index in [0.717, 1.165) is 13.0 Å². The number of ether oxygens (including phenoxy) is 2. The van der Waals surface area contributed by atoms with Crippen molar-refractivity contribution >= 4 is 5.91 Å². The van der Waals surface area contributed by atoms with E-state index in [-0.39, 0.29) is 11.9 Å². The minimum Gasteiger partial charge on any atom is -0.497 e. The van der Waals surface area contributed by atoms with Crippen molar-refractivity contribution in [3.63, 3.8) is 0 Å².